The van der Waals surface area contributed by atoms with E-state index < -0.39 is 0 Å². The summed E-state index contributed by atoms with van der Waals surface area (Å²) in [6.45, 7) is 3.96. The van der Waals surface area contributed by atoms with E-state index in [1.165, 1.54) is 0 Å². The molecule has 3 rings (SSSR count). The first-order valence-electron chi connectivity index (χ1n) is 6.21. The molecule has 0 spiro atoms. The van der Waals surface area contributed by atoms with Gasteiger partial charge in [-0.25, -0.2) is 0 Å². The molecule has 0 saturated carbocycles. The quantitative estimate of drug-likeness (QED) is 0.676. The Hall–Kier alpha value is -2.29. The third-order valence-corrected chi connectivity index (χ3v) is 3.49. The molecule has 19 heavy (non-hydrogen) atoms. The number of nitrogens with one attached hydrogen (secondary N) is 1. The maximum atomic E-state index is 12.2. The van der Waals surface area contributed by atoms with Crippen LogP contribution < -0.4 is 10.3 Å². The molecule has 3 heteroatoms. The number of rotatable bonds is 1. The van der Waals surface area contributed by atoms with Crippen LogP contribution in [0.5, 0.6) is 5.75 Å². The van der Waals surface area contributed by atoms with Crippen molar-refractivity contribution >= 4 is 21.7 Å². The summed E-state index contributed by atoms with van der Waals surface area (Å²) in [6, 6.07) is 9.84. The number of fused-ring (bicyclic) bond motifs is 3. The van der Waals surface area contributed by atoms with Crippen molar-refractivity contribution in [2.75, 3.05) is 7.11 Å². The molecule has 1 N–H and O–H groups in total. The molecule has 0 fully saturated rings. The number of hydrogen-bond donors (Lipinski definition) is 1. The van der Waals surface area contributed by atoms with Gasteiger partial charge in [-0.15, -0.1) is 0 Å². The van der Waals surface area contributed by atoms with Crippen LogP contribution in [0.15, 0.2) is 35.1 Å². The van der Waals surface area contributed by atoms with Crippen LogP contribution >= 0.6 is 0 Å². The lowest BCUT2D eigenvalue weighted by Crippen LogP contribution is -2.07. The van der Waals surface area contributed by atoms with Crippen molar-refractivity contribution in [2.24, 2.45) is 0 Å². The van der Waals surface area contributed by atoms with E-state index in [4.69, 9.17) is 4.74 Å². The Balaban J connectivity index is 2.58. The maximum absolute atomic E-state index is 12.2. The van der Waals surface area contributed by atoms with Gasteiger partial charge in [-0.3, -0.25) is 4.79 Å². The van der Waals surface area contributed by atoms with Gasteiger partial charge in [0.25, 0.3) is 5.56 Å². The van der Waals surface area contributed by atoms with Crippen molar-refractivity contribution in [1.29, 1.82) is 0 Å². The van der Waals surface area contributed by atoms with E-state index in [2.05, 4.69) is 4.98 Å². The molecular formula is C16H15NO2. The van der Waals surface area contributed by atoms with Crippen LogP contribution in [0.25, 0.3) is 21.7 Å². The lowest BCUT2D eigenvalue weighted by molar-refractivity contribution is 0.415. The van der Waals surface area contributed by atoms with Crippen LogP contribution in [0, 0.1) is 13.8 Å². The third kappa shape index (κ3) is 1.78. The molecule has 1 heterocycles. The SMILES string of the molecule is COc1cc(C)c2[nH]c(=O)c3cc(C)ccc3c2c1. The highest BCUT2D eigenvalue weighted by Gasteiger charge is 2.08. The highest BCUT2D eigenvalue weighted by atomic mass is 16.5. The average Bonchev–Trinajstić information content (AvgIpc) is 2.40. The Kier molecular flexibility index (Phi) is 2.56. The minimum Gasteiger partial charge on any atom is -0.497 e. The van der Waals surface area contributed by atoms with Gasteiger partial charge in [-0.1, -0.05) is 17.7 Å². The van der Waals surface area contributed by atoms with Crippen LogP contribution in [0.3, 0.4) is 0 Å². The van der Waals surface area contributed by atoms with Crippen LogP contribution in [0.2, 0.25) is 0 Å². The number of H-pyrrole nitrogens is 1. The molecule has 1 aromatic heterocycles. The van der Waals surface area contributed by atoms with Crippen molar-refractivity contribution in [3.63, 3.8) is 0 Å². The topological polar surface area (TPSA) is 42.1 Å². The Bertz CT molecular complexity index is 847. The number of pyridine rings is 1. The second-order valence-electron chi connectivity index (χ2n) is 4.87. The summed E-state index contributed by atoms with van der Waals surface area (Å²) in [5.74, 6) is 0.805. The molecular weight excluding hydrogens is 238 g/mol. The smallest absolute Gasteiger partial charge is 0.256 e. The van der Waals surface area contributed by atoms with E-state index >= 15 is 0 Å². The molecule has 0 atom stereocenters. The van der Waals surface area contributed by atoms with Crippen molar-refractivity contribution in [2.45, 2.75) is 13.8 Å². The summed E-state index contributed by atoms with van der Waals surface area (Å²) in [4.78, 5) is 15.1. The monoisotopic (exact) mass is 253 g/mol. The third-order valence-electron chi connectivity index (χ3n) is 3.49. The molecule has 0 bridgehead atoms. The number of methoxy groups -OCH3 is 1. The lowest BCUT2D eigenvalue weighted by atomic mass is 10.0. The summed E-state index contributed by atoms with van der Waals surface area (Å²) in [5, 5.41) is 2.71. The number of aromatic amines is 1. The standard InChI is InChI=1S/C16H15NO2/c1-9-4-5-12-13-8-11(19-3)7-10(2)15(13)17-16(18)14(12)6-9/h4-8H,1-3H3,(H,17,18). The Labute approximate surface area is 110 Å². The number of hydrogen-bond acceptors (Lipinski definition) is 2. The number of ether oxygens (including phenoxy) is 1. The molecule has 0 aliphatic carbocycles. The molecule has 3 aromatic rings. The summed E-state index contributed by atoms with van der Waals surface area (Å²) in [6.07, 6.45) is 0. The van der Waals surface area contributed by atoms with Gasteiger partial charge in [0, 0.05) is 10.8 Å². The lowest BCUT2D eigenvalue weighted by Gasteiger charge is -2.09. The second-order valence-corrected chi connectivity index (χ2v) is 4.87. The summed E-state index contributed by atoms with van der Waals surface area (Å²) >= 11 is 0. The maximum Gasteiger partial charge on any atom is 0.256 e. The summed E-state index contributed by atoms with van der Waals surface area (Å²) in [5.41, 5.74) is 2.92. The van der Waals surface area contributed by atoms with Gasteiger partial charge in [0.2, 0.25) is 0 Å². The number of aromatic nitrogens is 1. The van der Waals surface area contributed by atoms with Crippen molar-refractivity contribution in [3.05, 3.63) is 51.8 Å². The highest BCUT2D eigenvalue weighted by Crippen LogP contribution is 2.28. The minimum atomic E-state index is -0.0422. The van der Waals surface area contributed by atoms with E-state index in [0.29, 0.717) is 0 Å². The van der Waals surface area contributed by atoms with Crippen LogP contribution in [0.1, 0.15) is 11.1 Å². The van der Waals surface area contributed by atoms with Crippen LogP contribution in [0.4, 0.5) is 0 Å². The highest BCUT2D eigenvalue weighted by molar-refractivity contribution is 6.06. The fraction of sp³-hybridized carbons (Fsp3) is 0.188. The zero-order valence-electron chi connectivity index (χ0n) is 11.2. The molecule has 96 valence electrons. The first-order valence-corrected chi connectivity index (χ1v) is 6.21. The van der Waals surface area contributed by atoms with E-state index in [0.717, 1.165) is 38.6 Å². The van der Waals surface area contributed by atoms with Gasteiger partial charge < -0.3 is 9.72 Å². The minimum absolute atomic E-state index is 0.0422. The van der Waals surface area contributed by atoms with Crippen molar-refractivity contribution in [3.8, 4) is 5.75 Å². The van der Waals surface area contributed by atoms with Gasteiger partial charge in [-0.05, 0) is 43.0 Å². The zero-order valence-corrected chi connectivity index (χ0v) is 11.2. The molecule has 0 saturated heterocycles. The van der Waals surface area contributed by atoms with Gasteiger partial charge in [0.1, 0.15) is 5.75 Å². The van der Waals surface area contributed by atoms with Crippen LogP contribution in [-0.2, 0) is 0 Å². The number of benzene rings is 2. The number of aryl methyl sites for hydroxylation is 2. The Morgan fingerprint density at radius 2 is 1.79 bits per heavy atom. The predicted octanol–water partition coefficient (Wildman–Crippen LogP) is 3.31. The molecule has 0 unspecified atom stereocenters. The first-order chi connectivity index (χ1) is 9.10. The first kappa shape index (κ1) is 11.8. The van der Waals surface area contributed by atoms with E-state index in [-0.39, 0.29) is 5.56 Å². The molecule has 2 aromatic carbocycles. The largest absolute Gasteiger partial charge is 0.497 e. The van der Waals surface area contributed by atoms with E-state index in [1.807, 2.05) is 44.2 Å². The molecule has 0 amide bonds. The van der Waals surface area contributed by atoms with Crippen molar-refractivity contribution in [1.82, 2.24) is 4.98 Å². The normalized spacial score (nSPS) is 11.1. The van der Waals surface area contributed by atoms with Crippen molar-refractivity contribution < 1.29 is 4.74 Å². The zero-order chi connectivity index (χ0) is 13.6. The predicted molar refractivity (Wildman–Crippen MR) is 78.1 cm³/mol. The van der Waals surface area contributed by atoms with E-state index in [1.54, 1.807) is 7.11 Å². The van der Waals surface area contributed by atoms with Gasteiger partial charge in [-0.2, -0.15) is 0 Å². The Morgan fingerprint density at radius 3 is 2.53 bits per heavy atom. The second kappa shape index (κ2) is 4.12. The fourth-order valence-corrected chi connectivity index (χ4v) is 2.51. The summed E-state index contributed by atoms with van der Waals surface area (Å²) < 4.78 is 5.31. The fourth-order valence-electron chi connectivity index (χ4n) is 2.51. The Morgan fingerprint density at radius 1 is 1.00 bits per heavy atom. The van der Waals surface area contributed by atoms with Gasteiger partial charge >= 0.3 is 0 Å². The molecule has 0 radical (unpaired) electrons. The average molecular weight is 253 g/mol. The van der Waals surface area contributed by atoms with Gasteiger partial charge in [0.15, 0.2) is 0 Å². The molecule has 0 aliphatic rings. The molecule has 0 aliphatic heterocycles. The van der Waals surface area contributed by atoms with Crippen LogP contribution in [-0.4, -0.2) is 12.1 Å². The van der Waals surface area contributed by atoms with E-state index in [9.17, 15) is 4.79 Å². The van der Waals surface area contributed by atoms with Gasteiger partial charge in [0.05, 0.1) is 12.6 Å². The molecule has 3 nitrogen and oxygen atoms in total. The summed E-state index contributed by atoms with van der Waals surface area (Å²) in [7, 11) is 1.65.